The molecule has 2 unspecified atom stereocenters. The van der Waals surface area contributed by atoms with Crippen LogP contribution in [0.25, 0.3) is 0 Å². The first-order valence-corrected chi connectivity index (χ1v) is 9.63. The Bertz CT molecular complexity index is 921. The summed E-state index contributed by atoms with van der Waals surface area (Å²) in [6, 6.07) is 12.4. The third-order valence-corrected chi connectivity index (χ3v) is 4.73. The number of hydrogen-bond acceptors (Lipinski definition) is 6. The van der Waals surface area contributed by atoms with Gasteiger partial charge in [-0.05, 0) is 37.6 Å². The molecule has 0 spiro atoms. The molecule has 2 amide bonds. The van der Waals surface area contributed by atoms with E-state index in [0.717, 1.165) is 31.3 Å². The number of nitro benzene ring substituents is 1. The highest BCUT2D eigenvalue weighted by atomic mass is 16.6. The van der Waals surface area contributed by atoms with Gasteiger partial charge in [0.2, 0.25) is 0 Å². The summed E-state index contributed by atoms with van der Waals surface area (Å²) in [7, 11) is 0. The van der Waals surface area contributed by atoms with Crippen LogP contribution in [-0.4, -0.2) is 46.9 Å². The molecule has 9 nitrogen and oxygen atoms in total. The predicted molar refractivity (Wildman–Crippen MR) is 110 cm³/mol. The summed E-state index contributed by atoms with van der Waals surface area (Å²) < 4.78 is 5.74. The molecule has 2 atom stereocenters. The van der Waals surface area contributed by atoms with E-state index in [2.05, 4.69) is 29.6 Å². The third-order valence-electron chi connectivity index (χ3n) is 4.73. The second-order valence-electron chi connectivity index (χ2n) is 7.36. The number of non-ortho nitro benzene ring substituents is 1. The second-order valence-corrected chi connectivity index (χ2v) is 7.36. The van der Waals surface area contributed by atoms with Crippen LogP contribution in [0.3, 0.4) is 0 Å². The van der Waals surface area contributed by atoms with Crippen LogP contribution in [0.5, 0.6) is 0 Å². The molecule has 2 aromatic rings. The van der Waals surface area contributed by atoms with Crippen molar-refractivity contribution in [3.63, 3.8) is 0 Å². The molecule has 0 radical (unpaired) electrons. The maximum absolute atomic E-state index is 12.3. The summed E-state index contributed by atoms with van der Waals surface area (Å²) in [5.74, 6) is -1.12. The number of hydrogen-bond donors (Lipinski definition) is 2. The van der Waals surface area contributed by atoms with Crippen molar-refractivity contribution < 1.29 is 19.2 Å². The van der Waals surface area contributed by atoms with Crippen molar-refractivity contribution in [2.75, 3.05) is 13.1 Å². The summed E-state index contributed by atoms with van der Waals surface area (Å²) in [5, 5.41) is 10.8. The minimum atomic E-state index is -0.640. The number of nitro groups is 1. The van der Waals surface area contributed by atoms with Gasteiger partial charge in [0.1, 0.15) is 0 Å². The van der Waals surface area contributed by atoms with E-state index in [4.69, 9.17) is 4.74 Å². The Balaban J connectivity index is 1.54. The normalized spacial score (nSPS) is 19.1. The Hall–Kier alpha value is -3.30. The van der Waals surface area contributed by atoms with Crippen molar-refractivity contribution in [3.05, 3.63) is 75.3 Å². The number of benzene rings is 2. The van der Waals surface area contributed by atoms with Crippen molar-refractivity contribution in [3.8, 4) is 0 Å². The topological polar surface area (TPSA) is 114 Å². The van der Waals surface area contributed by atoms with Crippen molar-refractivity contribution in [2.24, 2.45) is 0 Å². The van der Waals surface area contributed by atoms with Crippen molar-refractivity contribution in [1.82, 2.24) is 15.8 Å². The molecule has 2 aromatic carbocycles. The molecule has 0 bridgehead atoms. The van der Waals surface area contributed by atoms with Gasteiger partial charge in [-0.15, -0.1) is 0 Å². The molecule has 1 saturated heterocycles. The van der Waals surface area contributed by atoms with Crippen LogP contribution in [0.4, 0.5) is 5.69 Å². The number of amides is 2. The summed E-state index contributed by atoms with van der Waals surface area (Å²) in [5.41, 5.74) is 5.94. The highest BCUT2D eigenvalue weighted by Crippen LogP contribution is 2.15. The average molecular weight is 412 g/mol. The van der Waals surface area contributed by atoms with E-state index in [1.165, 1.54) is 18.2 Å². The van der Waals surface area contributed by atoms with E-state index in [1.54, 1.807) is 12.1 Å². The molecule has 9 heteroatoms. The Morgan fingerprint density at radius 3 is 2.23 bits per heavy atom. The lowest BCUT2D eigenvalue weighted by Crippen LogP contribution is -2.44. The van der Waals surface area contributed by atoms with Gasteiger partial charge in [0.05, 0.1) is 17.1 Å². The molecule has 1 heterocycles. The lowest BCUT2D eigenvalue weighted by atomic mass is 10.1. The SMILES string of the molecule is CC1CN(Cc2ccc(C(=O)NNC(=O)c3cccc([N+](=O)[O-])c3)cc2)CC(C)O1. The van der Waals surface area contributed by atoms with Crippen LogP contribution in [0.15, 0.2) is 48.5 Å². The maximum atomic E-state index is 12.3. The zero-order valence-electron chi connectivity index (χ0n) is 16.8. The molecular formula is C21H24N4O5. The second kappa shape index (κ2) is 9.47. The van der Waals surface area contributed by atoms with Gasteiger partial charge in [0.25, 0.3) is 17.5 Å². The number of nitrogens with one attached hydrogen (secondary N) is 2. The average Bonchev–Trinajstić information content (AvgIpc) is 2.71. The van der Waals surface area contributed by atoms with Crippen LogP contribution in [-0.2, 0) is 11.3 Å². The molecule has 158 valence electrons. The molecule has 1 aliphatic heterocycles. The summed E-state index contributed by atoms with van der Waals surface area (Å²) >= 11 is 0. The minimum absolute atomic E-state index is 0.0776. The number of nitrogens with zero attached hydrogens (tertiary/aromatic N) is 2. The third kappa shape index (κ3) is 5.62. The van der Waals surface area contributed by atoms with Gasteiger partial charge in [-0.1, -0.05) is 18.2 Å². The van der Waals surface area contributed by atoms with E-state index in [1.807, 2.05) is 12.1 Å². The minimum Gasteiger partial charge on any atom is -0.373 e. The van der Waals surface area contributed by atoms with E-state index in [9.17, 15) is 19.7 Å². The summed E-state index contributed by atoms with van der Waals surface area (Å²) in [4.78, 5) is 36.9. The van der Waals surface area contributed by atoms with Gasteiger partial charge >= 0.3 is 0 Å². The number of morpholine rings is 1. The van der Waals surface area contributed by atoms with Crippen LogP contribution >= 0.6 is 0 Å². The van der Waals surface area contributed by atoms with Crippen LogP contribution < -0.4 is 10.9 Å². The van der Waals surface area contributed by atoms with E-state index in [-0.39, 0.29) is 23.5 Å². The maximum Gasteiger partial charge on any atom is 0.270 e. The van der Waals surface area contributed by atoms with Gasteiger partial charge in [-0.2, -0.15) is 0 Å². The van der Waals surface area contributed by atoms with Crippen molar-refractivity contribution in [2.45, 2.75) is 32.6 Å². The fourth-order valence-electron chi connectivity index (χ4n) is 3.45. The Kier molecular flexibility index (Phi) is 6.76. The molecule has 30 heavy (non-hydrogen) atoms. The highest BCUT2D eigenvalue weighted by molar-refractivity contribution is 5.99. The van der Waals surface area contributed by atoms with E-state index < -0.39 is 16.7 Å². The lowest BCUT2D eigenvalue weighted by molar-refractivity contribution is -0.384. The molecule has 0 saturated carbocycles. The summed E-state index contributed by atoms with van der Waals surface area (Å²) in [6.07, 6.45) is 0.377. The molecule has 3 rings (SSSR count). The van der Waals surface area contributed by atoms with Crippen LogP contribution in [0.2, 0.25) is 0 Å². The van der Waals surface area contributed by atoms with Gasteiger partial charge in [-0.25, -0.2) is 0 Å². The van der Waals surface area contributed by atoms with Crippen molar-refractivity contribution >= 4 is 17.5 Å². The zero-order chi connectivity index (χ0) is 21.7. The van der Waals surface area contributed by atoms with Crippen LogP contribution in [0, 0.1) is 10.1 Å². The number of ether oxygens (including phenoxy) is 1. The molecule has 1 aliphatic rings. The molecule has 2 N–H and O–H groups in total. The molecular weight excluding hydrogens is 388 g/mol. The fraction of sp³-hybridized carbons (Fsp3) is 0.333. The van der Waals surface area contributed by atoms with Gasteiger partial charge in [0, 0.05) is 42.9 Å². The zero-order valence-corrected chi connectivity index (χ0v) is 16.8. The highest BCUT2D eigenvalue weighted by Gasteiger charge is 2.22. The standard InChI is InChI=1S/C21H24N4O5/c1-14-11-24(12-15(2)30-14)13-16-6-8-17(9-7-16)20(26)22-23-21(27)18-4-3-5-19(10-18)25(28)29/h3-10,14-15H,11-13H2,1-2H3,(H,22,26)(H,23,27). The monoisotopic (exact) mass is 412 g/mol. The lowest BCUT2D eigenvalue weighted by Gasteiger charge is -2.35. The smallest absolute Gasteiger partial charge is 0.270 e. The number of carbonyl (C=O) groups excluding carboxylic acids is 2. The number of rotatable bonds is 5. The quantitative estimate of drug-likeness (QED) is 0.575. The van der Waals surface area contributed by atoms with E-state index in [0.29, 0.717) is 5.56 Å². The molecule has 1 fully saturated rings. The van der Waals surface area contributed by atoms with E-state index >= 15 is 0 Å². The van der Waals surface area contributed by atoms with Gasteiger partial charge < -0.3 is 4.74 Å². The first-order valence-electron chi connectivity index (χ1n) is 9.63. The Labute approximate surface area is 174 Å². The molecule has 0 aromatic heterocycles. The van der Waals surface area contributed by atoms with Crippen molar-refractivity contribution in [1.29, 1.82) is 0 Å². The largest absolute Gasteiger partial charge is 0.373 e. The predicted octanol–water partition coefficient (Wildman–Crippen LogP) is 2.28. The Morgan fingerprint density at radius 2 is 1.63 bits per heavy atom. The first kappa shape index (κ1) is 21.4. The first-order chi connectivity index (χ1) is 14.3. The number of hydrazine groups is 1. The molecule has 0 aliphatic carbocycles. The number of carbonyl (C=O) groups is 2. The van der Waals surface area contributed by atoms with Crippen LogP contribution in [0.1, 0.15) is 40.1 Å². The van der Waals surface area contributed by atoms with Gasteiger partial charge in [0.15, 0.2) is 0 Å². The summed E-state index contributed by atoms with van der Waals surface area (Å²) in [6.45, 7) is 6.59. The fourth-order valence-corrected chi connectivity index (χ4v) is 3.45. The van der Waals surface area contributed by atoms with Gasteiger partial charge in [-0.3, -0.25) is 35.5 Å². The Morgan fingerprint density at radius 1 is 1.03 bits per heavy atom.